The Morgan fingerprint density at radius 2 is 2.16 bits per heavy atom. The van der Waals surface area contributed by atoms with Crippen molar-refractivity contribution in [2.45, 2.75) is 33.2 Å². The van der Waals surface area contributed by atoms with Gasteiger partial charge in [0.15, 0.2) is 0 Å². The number of amides is 1. The molecule has 3 heterocycles. The third-order valence-electron chi connectivity index (χ3n) is 4.44. The summed E-state index contributed by atoms with van der Waals surface area (Å²) in [6, 6.07) is 5.58. The van der Waals surface area contributed by atoms with Crippen molar-refractivity contribution in [1.82, 2.24) is 20.1 Å². The van der Waals surface area contributed by atoms with E-state index in [-0.39, 0.29) is 5.91 Å². The monoisotopic (exact) mass is 340 g/mol. The number of hydrogen-bond acceptors (Lipinski definition) is 6. The van der Waals surface area contributed by atoms with Crippen LogP contribution in [0.5, 0.6) is 0 Å². The Morgan fingerprint density at radius 3 is 2.84 bits per heavy atom. The third kappa shape index (κ3) is 3.70. The van der Waals surface area contributed by atoms with Gasteiger partial charge in [-0.2, -0.15) is 5.10 Å². The quantitative estimate of drug-likeness (QED) is 0.894. The van der Waals surface area contributed by atoms with Crippen LogP contribution in [0.4, 0.5) is 11.6 Å². The molecule has 0 radical (unpaired) electrons. The normalized spacial score (nSPS) is 13.4. The van der Waals surface area contributed by atoms with Gasteiger partial charge in [0.05, 0.1) is 11.3 Å². The standard InChI is InChI=1S/C18H24N6O/c1-3-8-23(4-2)17-6-5-13(11-20-17)18(25)24-9-7-15-14(12-24)10-16(19)22-21-15/h5-6,10-11H,3-4,7-9,12H2,1-2H3,(H2,19,22). The van der Waals surface area contributed by atoms with E-state index in [0.29, 0.717) is 30.9 Å². The van der Waals surface area contributed by atoms with Crippen LogP contribution in [-0.4, -0.2) is 45.6 Å². The molecule has 0 unspecified atom stereocenters. The van der Waals surface area contributed by atoms with Crippen LogP contribution in [-0.2, 0) is 13.0 Å². The van der Waals surface area contributed by atoms with Crippen LogP contribution in [0.3, 0.4) is 0 Å². The van der Waals surface area contributed by atoms with E-state index >= 15 is 0 Å². The van der Waals surface area contributed by atoms with Gasteiger partial charge in [-0.3, -0.25) is 4.79 Å². The molecule has 7 nitrogen and oxygen atoms in total. The number of rotatable bonds is 5. The maximum Gasteiger partial charge on any atom is 0.255 e. The van der Waals surface area contributed by atoms with Crippen LogP contribution in [0.15, 0.2) is 24.4 Å². The number of nitrogens with zero attached hydrogens (tertiary/aromatic N) is 5. The Bertz CT molecular complexity index is 746. The first kappa shape index (κ1) is 17.1. The zero-order valence-electron chi connectivity index (χ0n) is 14.8. The molecular formula is C18H24N6O. The largest absolute Gasteiger partial charge is 0.382 e. The molecule has 25 heavy (non-hydrogen) atoms. The topological polar surface area (TPSA) is 88.2 Å². The summed E-state index contributed by atoms with van der Waals surface area (Å²) in [6.07, 6.45) is 3.43. The van der Waals surface area contributed by atoms with Gasteiger partial charge < -0.3 is 15.5 Å². The lowest BCUT2D eigenvalue weighted by molar-refractivity contribution is 0.0733. The lowest BCUT2D eigenvalue weighted by Crippen LogP contribution is -2.36. The smallest absolute Gasteiger partial charge is 0.255 e. The molecule has 0 aliphatic carbocycles. The minimum Gasteiger partial charge on any atom is -0.382 e. The summed E-state index contributed by atoms with van der Waals surface area (Å²) in [6.45, 7) is 7.25. The fourth-order valence-electron chi connectivity index (χ4n) is 3.11. The van der Waals surface area contributed by atoms with Crippen LogP contribution >= 0.6 is 0 Å². The third-order valence-corrected chi connectivity index (χ3v) is 4.44. The number of nitrogen functional groups attached to an aromatic ring is 1. The predicted molar refractivity (Wildman–Crippen MR) is 97.3 cm³/mol. The van der Waals surface area contributed by atoms with Crippen LogP contribution in [0.25, 0.3) is 0 Å². The first-order valence-electron chi connectivity index (χ1n) is 8.73. The molecule has 0 aromatic carbocycles. The highest BCUT2D eigenvalue weighted by atomic mass is 16.2. The van der Waals surface area contributed by atoms with Gasteiger partial charge in [-0.15, -0.1) is 5.10 Å². The van der Waals surface area contributed by atoms with Gasteiger partial charge in [-0.05, 0) is 37.1 Å². The van der Waals surface area contributed by atoms with Crippen molar-refractivity contribution >= 4 is 17.5 Å². The van der Waals surface area contributed by atoms with Gasteiger partial charge in [0.2, 0.25) is 0 Å². The summed E-state index contributed by atoms with van der Waals surface area (Å²) >= 11 is 0. The molecule has 132 valence electrons. The van der Waals surface area contributed by atoms with E-state index in [0.717, 1.165) is 36.6 Å². The Hall–Kier alpha value is -2.70. The van der Waals surface area contributed by atoms with Crippen molar-refractivity contribution in [3.8, 4) is 0 Å². The lowest BCUT2D eigenvalue weighted by atomic mass is 10.1. The SMILES string of the molecule is CCCN(CC)c1ccc(C(=O)N2CCc3nnc(N)cc3C2)cn1. The second kappa shape index (κ2) is 7.46. The van der Waals surface area contributed by atoms with E-state index in [1.807, 2.05) is 17.0 Å². The number of aromatic nitrogens is 3. The van der Waals surface area contributed by atoms with E-state index in [9.17, 15) is 4.79 Å². The first-order valence-corrected chi connectivity index (χ1v) is 8.73. The highest BCUT2D eigenvalue weighted by molar-refractivity contribution is 5.94. The Kier molecular flexibility index (Phi) is 5.11. The van der Waals surface area contributed by atoms with Crippen molar-refractivity contribution in [3.63, 3.8) is 0 Å². The van der Waals surface area contributed by atoms with E-state index in [1.165, 1.54) is 0 Å². The van der Waals surface area contributed by atoms with Crippen molar-refractivity contribution in [3.05, 3.63) is 41.2 Å². The van der Waals surface area contributed by atoms with Crippen molar-refractivity contribution in [2.24, 2.45) is 0 Å². The average molecular weight is 340 g/mol. The molecule has 0 bridgehead atoms. The zero-order chi connectivity index (χ0) is 17.8. The van der Waals surface area contributed by atoms with Crippen LogP contribution < -0.4 is 10.6 Å². The summed E-state index contributed by atoms with van der Waals surface area (Å²) in [4.78, 5) is 21.3. The van der Waals surface area contributed by atoms with Crippen LogP contribution in [0.2, 0.25) is 0 Å². The van der Waals surface area contributed by atoms with Crippen molar-refractivity contribution in [2.75, 3.05) is 30.3 Å². The molecule has 2 aromatic heterocycles. The second-order valence-corrected chi connectivity index (χ2v) is 6.20. The van der Waals surface area contributed by atoms with Gasteiger partial charge in [-0.1, -0.05) is 6.92 Å². The Balaban J connectivity index is 1.73. The minimum absolute atomic E-state index is 0.0152. The molecule has 1 amide bonds. The number of anilines is 2. The van der Waals surface area contributed by atoms with Gasteiger partial charge in [-0.25, -0.2) is 4.98 Å². The molecule has 0 saturated heterocycles. The van der Waals surface area contributed by atoms with Crippen molar-refractivity contribution < 1.29 is 4.79 Å². The number of hydrogen-bond donors (Lipinski definition) is 1. The van der Waals surface area contributed by atoms with Gasteiger partial charge in [0.1, 0.15) is 11.6 Å². The molecule has 2 N–H and O–H groups in total. The number of carbonyl (C=O) groups excluding carboxylic acids is 1. The second-order valence-electron chi connectivity index (χ2n) is 6.20. The molecule has 7 heteroatoms. The molecule has 3 rings (SSSR count). The first-order chi connectivity index (χ1) is 12.1. The predicted octanol–water partition coefficient (Wildman–Crippen LogP) is 1.89. The highest BCUT2D eigenvalue weighted by Crippen LogP contribution is 2.20. The number of carbonyl (C=O) groups is 1. The Labute approximate surface area is 147 Å². The highest BCUT2D eigenvalue weighted by Gasteiger charge is 2.23. The summed E-state index contributed by atoms with van der Waals surface area (Å²) in [5, 5.41) is 7.99. The molecule has 2 aromatic rings. The molecule has 1 aliphatic heterocycles. The lowest BCUT2D eigenvalue weighted by Gasteiger charge is -2.28. The van der Waals surface area contributed by atoms with Crippen LogP contribution in [0.1, 0.15) is 41.9 Å². The van der Waals surface area contributed by atoms with E-state index < -0.39 is 0 Å². The minimum atomic E-state index is -0.0152. The molecule has 0 saturated carbocycles. The molecule has 0 atom stereocenters. The summed E-state index contributed by atoms with van der Waals surface area (Å²) in [5.74, 6) is 1.28. The number of nitrogens with two attached hydrogens (primary N) is 1. The molecule has 1 aliphatic rings. The Morgan fingerprint density at radius 1 is 1.32 bits per heavy atom. The molecule has 0 spiro atoms. The maximum absolute atomic E-state index is 12.8. The molecular weight excluding hydrogens is 316 g/mol. The van der Waals surface area contributed by atoms with Crippen LogP contribution in [0, 0.1) is 0 Å². The number of fused-ring (bicyclic) bond motifs is 1. The summed E-state index contributed by atoms with van der Waals surface area (Å²) in [7, 11) is 0. The molecule has 0 fully saturated rings. The number of pyridine rings is 1. The maximum atomic E-state index is 12.8. The van der Waals surface area contributed by atoms with Gasteiger partial charge in [0, 0.05) is 38.8 Å². The zero-order valence-corrected chi connectivity index (χ0v) is 14.8. The van der Waals surface area contributed by atoms with E-state index in [2.05, 4.69) is 33.9 Å². The van der Waals surface area contributed by atoms with Crippen molar-refractivity contribution in [1.29, 1.82) is 0 Å². The van der Waals surface area contributed by atoms with Gasteiger partial charge >= 0.3 is 0 Å². The average Bonchev–Trinajstić information content (AvgIpc) is 2.65. The van der Waals surface area contributed by atoms with E-state index in [4.69, 9.17) is 5.73 Å². The summed E-state index contributed by atoms with van der Waals surface area (Å²) in [5.41, 5.74) is 8.20. The fraction of sp³-hybridized carbons (Fsp3) is 0.444. The summed E-state index contributed by atoms with van der Waals surface area (Å²) < 4.78 is 0. The van der Waals surface area contributed by atoms with E-state index in [1.54, 1.807) is 12.3 Å². The van der Waals surface area contributed by atoms with Gasteiger partial charge in [0.25, 0.3) is 5.91 Å². The fourth-order valence-corrected chi connectivity index (χ4v) is 3.11.